The lowest BCUT2D eigenvalue weighted by Gasteiger charge is -2.32. The van der Waals surface area contributed by atoms with E-state index in [1.165, 1.54) is 0 Å². The molecule has 0 saturated carbocycles. The monoisotopic (exact) mass is 298 g/mol. The SMILES string of the molecule is Nc1ccc2nc(CN3CCC(C(F)(F)F)CC3)[nH]c2c1. The standard InChI is InChI=1S/C14H17F3N4/c15-14(16,17)9-3-5-21(6-4-9)8-13-19-11-2-1-10(18)7-12(11)20-13/h1-2,7,9H,3-6,8,18H2,(H,19,20). The molecule has 0 aliphatic carbocycles. The Hall–Kier alpha value is -1.76. The van der Waals surface area contributed by atoms with Crippen LogP contribution in [-0.4, -0.2) is 34.1 Å². The molecule has 1 aliphatic rings. The zero-order valence-corrected chi connectivity index (χ0v) is 11.5. The maximum atomic E-state index is 12.6. The van der Waals surface area contributed by atoms with Gasteiger partial charge in [0.05, 0.1) is 23.5 Å². The van der Waals surface area contributed by atoms with Gasteiger partial charge in [-0.3, -0.25) is 4.90 Å². The topological polar surface area (TPSA) is 57.9 Å². The zero-order chi connectivity index (χ0) is 15.0. The third-order valence-corrected chi connectivity index (χ3v) is 3.98. The van der Waals surface area contributed by atoms with E-state index in [0.717, 1.165) is 16.9 Å². The number of piperidine rings is 1. The van der Waals surface area contributed by atoms with E-state index in [1.807, 2.05) is 17.0 Å². The summed E-state index contributed by atoms with van der Waals surface area (Å²) in [6.07, 6.45) is -3.74. The number of nitrogens with zero attached hydrogens (tertiary/aromatic N) is 2. The largest absolute Gasteiger partial charge is 0.399 e. The second-order valence-electron chi connectivity index (χ2n) is 5.55. The highest BCUT2D eigenvalue weighted by molar-refractivity contribution is 5.78. The number of aromatic nitrogens is 2. The lowest BCUT2D eigenvalue weighted by molar-refractivity contribution is -0.185. The quantitative estimate of drug-likeness (QED) is 0.838. The van der Waals surface area contributed by atoms with Gasteiger partial charge in [0.1, 0.15) is 5.82 Å². The molecule has 1 fully saturated rings. The number of benzene rings is 1. The molecular weight excluding hydrogens is 281 g/mol. The highest BCUT2D eigenvalue weighted by Crippen LogP contribution is 2.34. The van der Waals surface area contributed by atoms with Crippen molar-refractivity contribution in [1.82, 2.24) is 14.9 Å². The Morgan fingerprint density at radius 2 is 2.00 bits per heavy atom. The molecule has 2 heterocycles. The molecule has 0 spiro atoms. The van der Waals surface area contributed by atoms with Crippen LogP contribution in [0.3, 0.4) is 0 Å². The van der Waals surface area contributed by atoms with Crippen molar-refractivity contribution < 1.29 is 13.2 Å². The molecule has 114 valence electrons. The van der Waals surface area contributed by atoms with E-state index in [1.54, 1.807) is 6.07 Å². The van der Waals surface area contributed by atoms with Crippen molar-refractivity contribution in [2.24, 2.45) is 5.92 Å². The summed E-state index contributed by atoms with van der Waals surface area (Å²) in [5.74, 6) is -0.398. The normalized spacial score (nSPS) is 18.4. The summed E-state index contributed by atoms with van der Waals surface area (Å²) in [5.41, 5.74) is 8.05. The first-order valence-corrected chi connectivity index (χ1v) is 6.95. The van der Waals surface area contributed by atoms with Crippen molar-refractivity contribution >= 4 is 16.7 Å². The molecule has 21 heavy (non-hydrogen) atoms. The summed E-state index contributed by atoms with van der Waals surface area (Å²) in [6.45, 7) is 1.44. The molecule has 3 rings (SSSR count). The van der Waals surface area contributed by atoms with Gasteiger partial charge in [-0.15, -0.1) is 0 Å². The van der Waals surface area contributed by atoms with Crippen molar-refractivity contribution in [2.45, 2.75) is 25.6 Å². The van der Waals surface area contributed by atoms with Gasteiger partial charge in [0.25, 0.3) is 0 Å². The number of alkyl halides is 3. The summed E-state index contributed by atoms with van der Waals surface area (Å²) in [4.78, 5) is 9.61. The number of aromatic amines is 1. The molecule has 2 aromatic rings. The minimum atomic E-state index is -4.07. The number of nitrogens with two attached hydrogens (primary N) is 1. The Morgan fingerprint density at radius 3 is 2.67 bits per heavy atom. The first-order valence-electron chi connectivity index (χ1n) is 6.95. The zero-order valence-electron chi connectivity index (χ0n) is 11.5. The molecule has 0 atom stereocenters. The van der Waals surface area contributed by atoms with Crippen LogP contribution in [0.5, 0.6) is 0 Å². The number of fused-ring (bicyclic) bond motifs is 1. The molecule has 1 aromatic heterocycles. The molecule has 4 nitrogen and oxygen atoms in total. The van der Waals surface area contributed by atoms with Crippen LogP contribution in [0, 0.1) is 5.92 Å². The number of rotatable bonds is 2. The number of hydrogen-bond acceptors (Lipinski definition) is 3. The van der Waals surface area contributed by atoms with Gasteiger partial charge in [-0.25, -0.2) is 4.98 Å². The van der Waals surface area contributed by atoms with E-state index in [4.69, 9.17) is 5.73 Å². The number of halogens is 3. The minimum absolute atomic E-state index is 0.163. The first kappa shape index (κ1) is 14.2. The number of imidazole rings is 1. The minimum Gasteiger partial charge on any atom is -0.399 e. The Morgan fingerprint density at radius 1 is 1.29 bits per heavy atom. The maximum absolute atomic E-state index is 12.6. The van der Waals surface area contributed by atoms with Gasteiger partial charge in [0.2, 0.25) is 0 Å². The highest BCUT2D eigenvalue weighted by Gasteiger charge is 2.41. The molecule has 0 amide bonds. The van der Waals surface area contributed by atoms with E-state index < -0.39 is 12.1 Å². The van der Waals surface area contributed by atoms with E-state index in [0.29, 0.717) is 25.3 Å². The predicted molar refractivity (Wildman–Crippen MR) is 74.6 cm³/mol. The molecule has 1 aliphatic heterocycles. The second kappa shape index (κ2) is 5.22. The van der Waals surface area contributed by atoms with Gasteiger partial charge in [-0.2, -0.15) is 13.2 Å². The Labute approximate surface area is 120 Å². The summed E-state index contributed by atoms with van der Waals surface area (Å²) in [7, 11) is 0. The Kier molecular flexibility index (Phi) is 3.52. The van der Waals surface area contributed by atoms with Crippen LogP contribution in [0.15, 0.2) is 18.2 Å². The van der Waals surface area contributed by atoms with Gasteiger partial charge in [-0.1, -0.05) is 0 Å². The number of hydrogen-bond donors (Lipinski definition) is 2. The number of nitrogens with one attached hydrogen (secondary N) is 1. The molecule has 7 heteroatoms. The molecular formula is C14H17F3N4. The van der Waals surface area contributed by atoms with Crippen molar-refractivity contribution in [2.75, 3.05) is 18.8 Å². The average Bonchev–Trinajstić information content (AvgIpc) is 2.79. The van der Waals surface area contributed by atoms with Crippen LogP contribution in [0.4, 0.5) is 18.9 Å². The van der Waals surface area contributed by atoms with Gasteiger partial charge < -0.3 is 10.7 Å². The van der Waals surface area contributed by atoms with Crippen molar-refractivity contribution in [3.63, 3.8) is 0 Å². The number of nitrogen functional groups attached to an aromatic ring is 1. The molecule has 3 N–H and O–H groups in total. The second-order valence-corrected chi connectivity index (χ2v) is 5.55. The lowest BCUT2D eigenvalue weighted by Crippen LogP contribution is -2.38. The van der Waals surface area contributed by atoms with E-state index >= 15 is 0 Å². The summed E-state index contributed by atoms with van der Waals surface area (Å²) < 4.78 is 37.9. The lowest BCUT2D eigenvalue weighted by atomic mass is 9.96. The van der Waals surface area contributed by atoms with Crippen LogP contribution in [0.1, 0.15) is 18.7 Å². The molecule has 0 radical (unpaired) electrons. The van der Waals surface area contributed by atoms with Crippen molar-refractivity contribution in [1.29, 1.82) is 0 Å². The van der Waals surface area contributed by atoms with Crippen LogP contribution in [0.25, 0.3) is 11.0 Å². The summed E-state index contributed by atoms with van der Waals surface area (Å²) in [5, 5.41) is 0. The van der Waals surface area contributed by atoms with E-state index in [-0.39, 0.29) is 12.8 Å². The molecule has 1 saturated heterocycles. The smallest absolute Gasteiger partial charge is 0.391 e. The fourth-order valence-electron chi connectivity index (χ4n) is 2.79. The van der Waals surface area contributed by atoms with Crippen LogP contribution in [-0.2, 0) is 6.54 Å². The van der Waals surface area contributed by atoms with Crippen molar-refractivity contribution in [3.05, 3.63) is 24.0 Å². The summed E-state index contributed by atoms with van der Waals surface area (Å²) in [6, 6.07) is 5.42. The molecule has 0 unspecified atom stereocenters. The highest BCUT2D eigenvalue weighted by atomic mass is 19.4. The van der Waals surface area contributed by atoms with Gasteiger partial charge in [0.15, 0.2) is 0 Å². The number of likely N-dealkylation sites (tertiary alicyclic amines) is 1. The summed E-state index contributed by atoms with van der Waals surface area (Å²) >= 11 is 0. The predicted octanol–water partition coefficient (Wildman–Crippen LogP) is 2.92. The third kappa shape index (κ3) is 3.12. The fraction of sp³-hybridized carbons (Fsp3) is 0.500. The first-order chi connectivity index (χ1) is 9.91. The van der Waals surface area contributed by atoms with E-state index in [2.05, 4.69) is 9.97 Å². The average molecular weight is 298 g/mol. The Balaban J connectivity index is 1.64. The van der Waals surface area contributed by atoms with Crippen LogP contribution >= 0.6 is 0 Å². The fourth-order valence-corrected chi connectivity index (χ4v) is 2.79. The van der Waals surface area contributed by atoms with Crippen molar-refractivity contribution in [3.8, 4) is 0 Å². The Bertz CT molecular complexity index is 627. The van der Waals surface area contributed by atoms with Crippen LogP contribution < -0.4 is 5.73 Å². The van der Waals surface area contributed by atoms with E-state index in [9.17, 15) is 13.2 Å². The molecule has 0 bridgehead atoms. The van der Waals surface area contributed by atoms with Gasteiger partial charge in [0, 0.05) is 5.69 Å². The third-order valence-electron chi connectivity index (χ3n) is 3.98. The number of anilines is 1. The van der Waals surface area contributed by atoms with Crippen LogP contribution in [0.2, 0.25) is 0 Å². The van der Waals surface area contributed by atoms with Gasteiger partial charge in [-0.05, 0) is 44.1 Å². The van der Waals surface area contributed by atoms with Gasteiger partial charge >= 0.3 is 6.18 Å². The maximum Gasteiger partial charge on any atom is 0.391 e. The number of H-pyrrole nitrogens is 1. The molecule has 1 aromatic carbocycles.